The second-order valence-electron chi connectivity index (χ2n) is 6.29. The van der Waals surface area contributed by atoms with Gasteiger partial charge in [0, 0.05) is 23.6 Å². The smallest absolute Gasteiger partial charge is 0.269 e. The maximum Gasteiger partial charge on any atom is 0.269 e. The van der Waals surface area contributed by atoms with E-state index >= 15 is 0 Å². The summed E-state index contributed by atoms with van der Waals surface area (Å²) in [5.74, 6) is 1.26. The monoisotopic (exact) mass is 386 g/mol. The standard InChI is InChI=1S/C20H22N2O4S/c1-2-26-17-9-5-15(6-10-17)19-4-3-13-21(19)20(23)14-27-18-11-7-16(8-12-18)22(24)25/h5-12,19H,2-4,13-14H2,1H3. The lowest BCUT2D eigenvalue weighted by Crippen LogP contribution is -2.31. The van der Waals surface area contributed by atoms with E-state index in [1.54, 1.807) is 12.1 Å². The number of hydrogen-bond donors (Lipinski definition) is 0. The fourth-order valence-electron chi connectivity index (χ4n) is 3.26. The highest BCUT2D eigenvalue weighted by Gasteiger charge is 2.29. The van der Waals surface area contributed by atoms with Crippen LogP contribution < -0.4 is 4.74 Å². The van der Waals surface area contributed by atoms with E-state index in [0.717, 1.165) is 35.6 Å². The van der Waals surface area contributed by atoms with Crippen molar-refractivity contribution in [1.82, 2.24) is 4.90 Å². The van der Waals surface area contributed by atoms with E-state index in [2.05, 4.69) is 0 Å². The number of nitro benzene ring substituents is 1. The number of carbonyl (C=O) groups is 1. The lowest BCUT2D eigenvalue weighted by atomic mass is 10.0. The van der Waals surface area contributed by atoms with Crippen molar-refractivity contribution in [2.24, 2.45) is 0 Å². The van der Waals surface area contributed by atoms with E-state index in [4.69, 9.17) is 4.74 Å². The van der Waals surface area contributed by atoms with Gasteiger partial charge in [0.15, 0.2) is 0 Å². The third-order valence-corrected chi connectivity index (χ3v) is 5.56. The Balaban J connectivity index is 1.60. The first-order valence-electron chi connectivity index (χ1n) is 8.98. The first-order valence-corrected chi connectivity index (χ1v) is 9.96. The molecule has 0 N–H and O–H groups in total. The Hall–Kier alpha value is -2.54. The van der Waals surface area contributed by atoms with Crippen LogP contribution in [0, 0.1) is 10.1 Å². The molecule has 2 aromatic carbocycles. The van der Waals surface area contributed by atoms with Gasteiger partial charge in [0.2, 0.25) is 5.91 Å². The molecule has 1 heterocycles. The van der Waals surface area contributed by atoms with Crippen LogP contribution in [-0.4, -0.2) is 34.6 Å². The van der Waals surface area contributed by atoms with Crippen LogP contribution >= 0.6 is 11.8 Å². The van der Waals surface area contributed by atoms with Crippen LogP contribution in [0.2, 0.25) is 0 Å². The molecule has 6 nitrogen and oxygen atoms in total. The number of non-ortho nitro benzene ring substituents is 1. The molecule has 2 aromatic rings. The van der Waals surface area contributed by atoms with E-state index in [1.165, 1.54) is 23.9 Å². The van der Waals surface area contributed by atoms with Gasteiger partial charge in [-0.05, 0) is 49.6 Å². The highest BCUT2D eigenvalue weighted by molar-refractivity contribution is 8.00. The van der Waals surface area contributed by atoms with Gasteiger partial charge in [0.25, 0.3) is 5.69 Å². The molecule has 0 aliphatic carbocycles. The van der Waals surface area contributed by atoms with Gasteiger partial charge in [0.1, 0.15) is 5.75 Å². The molecular weight excluding hydrogens is 364 g/mol. The number of nitro groups is 1. The Bertz CT molecular complexity index is 793. The first kappa shape index (κ1) is 19.2. The second-order valence-corrected chi connectivity index (χ2v) is 7.34. The zero-order valence-corrected chi connectivity index (χ0v) is 16.0. The van der Waals surface area contributed by atoms with Gasteiger partial charge in [-0.3, -0.25) is 14.9 Å². The van der Waals surface area contributed by atoms with Gasteiger partial charge in [-0.1, -0.05) is 12.1 Å². The third-order valence-electron chi connectivity index (χ3n) is 4.56. The number of nitrogens with zero attached hydrogens (tertiary/aromatic N) is 2. The molecule has 1 unspecified atom stereocenters. The molecule has 1 atom stereocenters. The van der Waals surface area contributed by atoms with Crippen molar-refractivity contribution in [3.8, 4) is 5.75 Å². The van der Waals surface area contributed by atoms with Gasteiger partial charge < -0.3 is 9.64 Å². The Morgan fingerprint density at radius 2 is 1.93 bits per heavy atom. The van der Waals surface area contributed by atoms with Crippen LogP contribution in [-0.2, 0) is 4.79 Å². The summed E-state index contributed by atoms with van der Waals surface area (Å²) in [5, 5.41) is 10.7. The van der Waals surface area contributed by atoms with E-state index < -0.39 is 4.92 Å². The van der Waals surface area contributed by atoms with Crippen LogP contribution in [0.15, 0.2) is 53.4 Å². The molecule has 7 heteroatoms. The molecule has 1 fully saturated rings. The molecule has 1 amide bonds. The average Bonchev–Trinajstić information content (AvgIpc) is 3.17. The Labute approximate surface area is 162 Å². The summed E-state index contributed by atoms with van der Waals surface area (Å²) in [5.41, 5.74) is 1.19. The number of thioether (sulfide) groups is 1. The molecule has 0 saturated carbocycles. The molecular formula is C20H22N2O4S. The molecule has 0 aromatic heterocycles. The highest BCUT2D eigenvalue weighted by Crippen LogP contribution is 2.34. The van der Waals surface area contributed by atoms with Gasteiger partial charge >= 0.3 is 0 Å². The van der Waals surface area contributed by atoms with Crippen molar-refractivity contribution < 1.29 is 14.5 Å². The zero-order valence-electron chi connectivity index (χ0n) is 15.2. The summed E-state index contributed by atoms with van der Waals surface area (Å²) in [6, 6.07) is 14.4. The van der Waals surface area contributed by atoms with Crippen molar-refractivity contribution in [2.45, 2.75) is 30.7 Å². The van der Waals surface area contributed by atoms with Crippen molar-refractivity contribution >= 4 is 23.4 Å². The Morgan fingerprint density at radius 3 is 2.56 bits per heavy atom. The summed E-state index contributed by atoms with van der Waals surface area (Å²) < 4.78 is 5.48. The fourth-order valence-corrected chi connectivity index (χ4v) is 4.04. The fraction of sp³-hybridized carbons (Fsp3) is 0.350. The topological polar surface area (TPSA) is 72.7 Å². The van der Waals surface area contributed by atoms with Crippen LogP contribution in [0.3, 0.4) is 0 Å². The lowest BCUT2D eigenvalue weighted by Gasteiger charge is -2.25. The molecule has 0 spiro atoms. The number of ether oxygens (including phenoxy) is 1. The molecule has 1 saturated heterocycles. The van der Waals surface area contributed by atoms with Gasteiger partial charge in [-0.2, -0.15) is 0 Å². The van der Waals surface area contributed by atoms with Gasteiger partial charge in [-0.25, -0.2) is 0 Å². The molecule has 27 heavy (non-hydrogen) atoms. The molecule has 1 aliphatic heterocycles. The molecule has 0 radical (unpaired) electrons. The summed E-state index contributed by atoms with van der Waals surface area (Å²) >= 11 is 1.41. The SMILES string of the molecule is CCOc1ccc(C2CCCN2C(=O)CSc2ccc([N+](=O)[O-])cc2)cc1. The first-order chi connectivity index (χ1) is 13.1. The predicted molar refractivity (Wildman–Crippen MR) is 105 cm³/mol. The normalized spacial score (nSPS) is 16.3. The van der Waals surface area contributed by atoms with E-state index in [-0.39, 0.29) is 17.6 Å². The minimum Gasteiger partial charge on any atom is -0.494 e. The lowest BCUT2D eigenvalue weighted by molar-refractivity contribution is -0.384. The quantitative estimate of drug-likeness (QED) is 0.399. The second kappa shape index (κ2) is 8.90. The van der Waals surface area contributed by atoms with Gasteiger partial charge in [0.05, 0.1) is 23.3 Å². The molecule has 142 valence electrons. The number of likely N-dealkylation sites (tertiary alicyclic amines) is 1. The Morgan fingerprint density at radius 1 is 1.22 bits per heavy atom. The van der Waals surface area contributed by atoms with E-state index in [9.17, 15) is 14.9 Å². The number of carbonyl (C=O) groups excluding carboxylic acids is 1. The summed E-state index contributed by atoms with van der Waals surface area (Å²) in [4.78, 5) is 25.8. The predicted octanol–water partition coefficient (Wildman–Crippen LogP) is 4.45. The van der Waals surface area contributed by atoms with Crippen LogP contribution in [0.5, 0.6) is 5.75 Å². The average molecular weight is 386 g/mol. The van der Waals surface area contributed by atoms with Gasteiger partial charge in [-0.15, -0.1) is 11.8 Å². The van der Waals surface area contributed by atoms with Crippen LogP contribution in [0.4, 0.5) is 5.69 Å². The van der Waals surface area contributed by atoms with Crippen LogP contribution in [0.1, 0.15) is 31.4 Å². The highest BCUT2D eigenvalue weighted by atomic mass is 32.2. The Kier molecular flexibility index (Phi) is 6.34. The number of hydrogen-bond acceptors (Lipinski definition) is 5. The third kappa shape index (κ3) is 4.80. The maximum atomic E-state index is 12.7. The molecule has 3 rings (SSSR count). The molecule has 0 bridgehead atoms. The van der Waals surface area contributed by atoms with E-state index in [1.807, 2.05) is 36.1 Å². The number of amides is 1. The van der Waals surface area contributed by atoms with Crippen molar-refractivity contribution in [1.29, 1.82) is 0 Å². The van der Waals surface area contributed by atoms with Crippen molar-refractivity contribution in [3.63, 3.8) is 0 Å². The maximum absolute atomic E-state index is 12.7. The molecule has 1 aliphatic rings. The van der Waals surface area contributed by atoms with E-state index in [0.29, 0.717) is 12.4 Å². The van der Waals surface area contributed by atoms with Crippen LogP contribution in [0.25, 0.3) is 0 Å². The zero-order chi connectivity index (χ0) is 19.2. The number of benzene rings is 2. The van der Waals surface area contributed by atoms with Crippen molar-refractivity contribution in [2.75, 3.05) is 18.9 Å². The summed E-state index contributed by atoms with van der Waals surface area (Å²) in [6.07, 6.45) is 1.95. The number of rotatable bonds is 7. The summed E-state index contributed by atoms with van der Waals surface area (Å²) in [7, 11) is 0. The minimum atomic E-state index is -0.425. The van der Waals surface area contributed by atoms with Crippen molar-refractivity contribution in [3.05, 3.63) is 64.2 Å². The minimum absolute atomic E-state index is 0.0563. The summed E-state index contributed by atoms with van der Waals surface area (Å²) in [6.45, 7) is 3.35. The largest absolute Gasteiger partial charge is 0.494 e.